The van der Waals surface area contributed by atoms with E-state index in [1.54, 1.807) is 0 Å². The number of halogens is 3. The summed E-state index contributed by atoms with van der Waals surface area (Å²) in [4.78, 5) is 2.88. The van der Waals surface area contributed by atoms with E-state index in [1.165, 1.54) is 19.8 Å². The first-order valence-corrected chi connectivity index (χ1v) is 8.05. The molecule has 0 saturated carbocycles. The highest BCUT2D eigenvalue weighted by Crippen LogP contribution is 2.40. The van der Waals surface area contributed by atoms with Gasteiger partial charge in [-0.1, -0.05) is 50.1 Å². The van der Waals surface area contributed by atoms with Crippen LogP contribution in [-0.4, -0.2) is 0 Å². The first kappa shape index (κ1) is 12.8. The molecule has 1 heterocycles. The molecule has 16 heavy (non-hydrogen) atoms. The Balaban J connectivity index is 2.39. The molecule has 0 N–H and O–H groups in total. The number of rotatable bonds is 2. The van der Waals surface area contributed by atoms with Gasteiger partial charge in [-0.25, -0.2) is 0 Å². The van der Waals surface area contributed by atoms with Crippen molar-refractivity contribution in [3.8, 4) is 0 Å². The molecule has 0 aliphatic heterocycles. The minimum absolute atomic E-state index is 0.248. The maximum atomic E-state index is 3.75. The van der Waals surface area contributed by atoms with Crippen LogP contribution in [0.4, 0.5) is 0 Å². The Bertz CT molecular complexity index is 485. The van der Waals surface area contributed by atoms with Crippen molar-refractivity contribution < 1.29 is 0 Å². The first-order chi connectivity index (χ1) is 7.59. The number of hydrogen-bond acceptors (Lipinski definition) is 1. The molecular formula is C12H9Br3S. The van der Waals surface area contributed by atoms with Crippen molar-refractivity contribution in [3.05, 3.63) is 54.6 Å². The van der Waals surface area contributed by atoms with E-state index < -0.39 is 0 Å². The van der Waals surface area contributed by atoms with Gasteiger partial charge in [-0.3, -0.25) is 0 Å². The molecule has 2 rings (SSSR count). The van der Waals surface area contributed by atoms with Crippen LogP contribution in [0.5, 0.6) is 0 Å². The third-order valence-corrected chi connectivity index (χ3v) is 6.52. The molecule has 0 aliphatic carbocycles. The molecule has 0 bridgehead atoms. The van der Waals surface area contributed by atoms with E-state index in [0.29, 0.717) is 0 Å². The van der Waals surface area contributed by atoms with Gasteiger partial charge in [0.1, 0.15) is 0 Å². The van der Waals surface area contributed by atoms with E-state index >= 15 is 0 Å². The van der Waals surface area contributed by atoms with Crippen molar-refractivity contribution in [2.45, 2.75) is 11.8 Å². The fourth-order valence-electron chi connectivity index (χ4n) is 1.44. The SMILES string of the molecule is Cc1sc(C(Br)c2ccccc2Br)cc1Br. The lowest BCUT2D eigenvalue weighted by Crippen LogP contribution is -1.90. The van der Waals surface area contributed by atoms with Crippen molar-refractivity contribution >= 4 is 59.1 Å². The highest BCUT2D eigenvalue weighted by molar-refractivity contribution is 9.11. The zero-order chi connectivity index (χ0) is 11.7. The molecule has 1 atom stereocenters. The Morgan fingerprint density at radius 1 is 1.12 bits per heavy atom. The Kier molecular flexibility index (Phi) is 4.27. The second-order valence-corrected chi connectivity index (χ2v) is 7.35. The van der Waals surface area contributed by atoms with Crippen LogP contribution in [-0.2, 0) is 0 Å². The van der Waals surface area contributed by atoms with Crippen LogP contribution >= 0.6 is 59.1 Å². The predicted molar refractivity (Wildman–Crippen MR) is 81.7 cm³/mol. The molecule has 0 saturated heterocycles. The van der Waals surface area contributed by atoms with E-state index in [2.05, 4.69) is 79.0 Å². The second kappa shape index (κ2) is 5.34. The summed E-state index contributed by atoms with van der Waals surface area (Å²) in [6, 6.07) is 10.5. The minimum Gasteiger partial charge on any atom is -0.143 e. The van der Waals surface area contributed by atoms with Crippen molar-refractivity contribution in [1.82, 2.24) is 0 Å². The molecule has 1 aromatic heterocycles. The summed E-state index contributed by atoms with van der Waals surface area (Å²) in [5, 5.41) is 0. The number of benzene rings is 1. The molecule has 0 nitrogen and oxygen atoms in total. The summed E-state index contributed by atoms with van der Waals surface area (Å²) < 4.78 is 2.32. The molecular weight excluding hydrogens is 416 g/mol. The maximum absolute atomic E-state index is 3.75. The quantitative estimate of drug-likeness (QED) is 0.513. The Labute approximate surface area is 124 Å². The van der Waals surface area contributed by atoms with Crippen LogP contribution < -0.4 is 0 Å². The summed E-state index contributed by atoms with van der Waals surface area (Å²) in [7, 11) is 0. The third kappa shape index (κ3) is 2.61. The van der Waals surface area contributed by atoms with Gasteiger partial charge in [0, 0.05) is 18.7 Å². The molecule has 0 amide bonds. The van der Waals surface area contributed by atoms with Gasteiger partial charge in [0.15, 0.2) is 0 Å². The average molecular weight is 425 g/mol. The molecule has 0 spiro atoms. The maximum Gasteiger partial charge on any atom is 0.0749 e. The fourth-order valence-corrected chi connectivity index (χ4v) is 4.63. The lowest BCUT2D eigenvalue weighted by molar-refractivity contribution is 1.21. The van der Waals surface area contributed by atoms with Crippen LogP contribution in [0.3, 0.4) is 0 Å². The molecule has 0 fully saturated rings. The smallest absolute Gasteiger partial charge is 0.0749 e. The van der Waals surface area contributed by atoms with Gasteiger partial charge in [-0.05, 0) is 40.5 Å². The molecule has 4 heteroatoms. The van der Waals surface area contributed by atoms with Gasteiger partial charge in [0.05, 0.1) is 4.83 Å². The minimum atomic E-state index is 0.248. The Morgan fingerprint density at radius 3 is 2.38 bits per heavy atom. The molecule has 0 radical (unpaired) electrons. The normalized spacial score (nSPS) is 12.8. The monoisotopic (exact) mass is 422 g/mol. The largest absolute Gasteiger partial charge is 0.143 e. The van der Waals surface area contributed by atoms with E-state index in [0.717, 1.165) is 4.47 Å². The summed E-state index contributed by atoms with van der Waals surface area (Å²) in [6.45, 7) is 2.12. The van der Waals surface area contributed by atoms with Crippen LogP contribution in [0, 0.1) is 6.92 Å². The average Bonchev–Trinajstić information content (AvgIpc) is 2.59. The third-order valence-electron chi connectivity index (χ3n) is 2.30. The van der Waals surface area contributed by atoms with Gasteiger partial charge < -0.3 is 0 Å². The number of alkyl halides is 1. The van der Waals surface area contributed by atoms with Crippen LogP contribution in [0.2, 0.25) is 0 Å². The summed E-state index contributed by atoms with van der Waals surface area (Å²) in [5.74, 6) is 0. The topological polar surface area (TPSA) is 0 Å². The van der Waals surface area contributed by atoms with Crippen LogP contribution in [0.1, 0.15) is 20.1 Å². The van der Waals surface area contributed by atoms with Gasteiger partial charge in [0.2, 0.25) is 0 Å². The zero-order valence-electron chi connectivity index (χ0n) is 8.51. The lowest BCUT2D eigenvalue weighted by Gasteiger charge is -2.09. The first-order valence-electron chi connectivity index (χ1n) is 4.74. The Morgan fingerprint density at radius 2 is 1.81 bits per heavy atom. The van der Waals surface area contributed by atoms with Gasteiger partial charge in [-0.2, -0.15) is 0 Å². The second-order valence-electron chi connectivity index (χ2n) is 3.44. The molecule has 1 aromatic carbocycles. The molecule has 1 unspecified atom stereocenters. The number of thiophene rings is 1. The fraction of sp³-hybridized carbons (Fsp3) is 0.167. The van der Waals surface area contributed by atoms with Crippen molar-refractivity contribution in [2.24, 2.45) is 0 Å². The number of hydrogen-bond donors (Lipinski definition) is 0. The van der Waals surface area contributed by atoms with Crippen molar-refractivity contribution in [2.75, 3.05) is 0 Å². The summed E-state index contributed by atoms with van der Waals surface area (Å²) in [6.07, 6.45) is 0. The van der Waals surface area contributed by atoms with Gasteiger partial charge in [-0.15, -0.1) is 11.3 Å². The summed E-state index contributed by atoms with van der Waals surface area (Å²) >= 11 is 12.7. The van der Waals surface area contributed by atoms with E-state index in [1.807, 2.05) is 17.4 Å². The lowest BCUT2D eigenvalue weighted by atomic mass is 10.1. The predicted octanol–water partition coefficient (Wildman–Crippen LogP) is 6.07. The van der Waals surface area contributed by atoms with Gasteiger partial charge in [0.25, 0.3) is 0 Å². The van der Waals surface area contributed by atoms with E-state index in [4.69, 9.17) is 0 Å². The highest BCUT2D eigenvalue weighted by Gasteiger charge is 2.16. The zero-order valence-corrected chi connectivity index (χ0v) is 14.1. The van der Waals surface area contributed by atoms with E-state index in [9.17, 15) is 0 Å². The number of aryl methyl sites for hydroxylation is 1. The molecule has 0 aliphatic rings. The van der Waals surface area contributed by atoms with Crippen LogP contribution in [0.15, 0.2) is 39.3 Å². The van der Waals surface area contributed by atoms with Crippen LogP contribution in [0.25, 0.3) is 0 Å². The Hall–Kier alpha value is 0.360. The van der Waals surface area contributed by atoms with E-state index in [-0.39, 0.29) is 4.83 Å². The molecule has 84 valence electrons. The van der Waals surface area contributed by atoms with Crippen molar-refractivity contribution in [3.63, 3.8) is 0 Å². The standard InChI is InChI=1S/C12H9Br3S/c1-7-10(14)6-11(16-7)12(15)8-4-2-3-5-9(8)13/h2-6,12H,1H3. The molecule has 2 aromatic rings. The van der Waals surface area contributed by atoms with Crippen molar-refractivity contribution in [1.29, 1.82) is 0 Å². The van der Waals surface area contributed by atoms with Gasteiger partial charge >= 0.3 is 0 Å². The summed E-state index contributed by atoms with van der Waals surface area (Å²) in [5.41, 5.74) is 1.26. The highest BCUT2D eigenvalue weighted by atomic mass is 79.9.